The maximum Gasteiger partial charge on any atom is 0.272 e. The third kappa shape index (κ3) is 2.00. The molecule has 1 aromatic heterocycles. The van der Waals surface area contributed by atoms with Gasteiger partial charge in [-0.3, -0.25) is 9.89 Å². The first-order valence-corrected chi connectivity index (χ1v) is 8.69. The Kier molecular flexibility index (Phi) is 3.21. The van der Waals surface area contributed by atoms with Gasteiger partial charge in [-0.25, -0.2) is 0 Å². The summed E-state index contributed by atoms with van der Waals surface area (Å²) in [5, 5.41) is 11.3. The average Bonchev–Trinajstić information content (AvgIpc) is 3.20. The summed E-state index contributed by atoms with van der Waals surface area (Å²) in [4.78, 5) is 12.9. The summed E-state index contributed by atoms with van der Waals surface area (Å²) in [5.74, 6) is 1.30. The van der Waals surface area contributed by atoms with Gasteiger partial charge in [-0.2, -0.15) is 5.10 Å². The molecule has 0 radical (unpaired) electrons. The highest BCUT2D eigenvalue weighted by Gasteiger charge is 2.59. The summed E-state index contributed by atoms with van der Waals surface area (Å²) in [5.41, 5.74) is 1.55. The van der Waals surface area contributed by atoms with Gasteiger partial charge in [0.15, 0.2) is 5.69 Å². The van der Waals surface area contributed by atoms with Crippen LogP contribution in [0.25, 0.3) is 10.9 Å². The number of H-pyrrole nitrogens is 1. The number of benzene rings is 1. The molecule has 0 aliphatic heterocycles. The number of nitrogens with one attached hydrogen (secondary N) is 2. The lowest BCUT2D eigenvalue weighted by Crippen LogP contribution is -2.52. The first kappa shape index (κ1) is 15.5. The van der Waals surface area contributed by atoms with Crippen molar-refractivity contribution in [2.45, 2.75) is 46.1 Å². The molecule has 1 amide bonds. The number of fused-ring (bicyclic) bond motifs is 3. The topological polar surface area (TPSA) is 67.0 Å². The molecule has 3 atom stereocenters. The van der Waals surface area contributed by atoms with Crippen LogP contribution >= 0.6 is 0 Å². The van der Waals surface area contributed by atoms with Crippen LogP contribution < -0.4 is 10.1 Å². The lowest BCUT2D eigenvalue weighted by Gasteiger charge is -2.43. The Morgan fingerprint density at radius 3 is 2.83 bits per heavy atom. The van der Waals surface area contributed by atoms with Gasteiger partial charge >= 0.3 is 0 Å². The Morgan fingerprint density at radius 2 is 2.17 bits per heavy atom. The van der Waals surface area contributed by atoms with Crippen molar-refractivity contribution in [2.75, 3.05) is 7.11 Å². The molecule has 128 valence electrons. The van der Waals surface area contributed by atoms with Crippen molar-refractivity contribution in [2.24, 2.45) is 16.7 Å². The standard InChI is InChI=1S/C19H25N3O2/c1-18(2)11-8-9-19(3,10-11)17(18)20-16(23)15-12-6-5-7-13(24-4)14(12)21-22-15/h5-7,11,17H,8-10H2,1-4H3,(H,20,23)(H,21,22)/t11-,17-,19+/m1/s1. The number of aromatic nitrogens is 2. The fourth-order valence-electron chi connectivity index (χ4n) is 5.22. The minimum atomic E-state index is -0.0960. The van der Waals surface area contributed by atoms with Crippen LogP contribution in [0.5, 0.6) is 5.75 Å². The third-order valence-electron chi connectivity index (χ3n) is 6.54. The van der Waals surface area contributed by atoms with E-state index < -0.39 is 0 Å². The van der Waals surface area contributed by atoms with E-state index in [1.54, 1.807) is 7.11 Å². The summed E-state index contributed by atoms with van der Waals surface area (Å²) in [6.07, 6.45) is 3.68. The minimum absolute atomic E-state index is 0.0960. The second-order valence-corrected chi connectivity index (χ2v) is 8.28. The van der Waals surface area contributed by atoms with E-state index in [9.17, 15) is 4.79 Å². The molecule has 0 saturated heterocycles. The number of para-hydroxylation sites is 1. The van der Waals surface area contributed by atoms with E-state index in [0.717, 1.165) is 10.9 Å². The monoisotopic (exact) mass is 327 g/mol. The van der Waals surface area contributed by atoms with Crippen molar-refractivity contribution in [3.8, 4) is 5.75 Å². The molecule has 2 fully saturated rings. The predicted molar refractivity (Wildman–Crippen MR) is 93.1 cm³/mol. The highest BCUT2D eigenvalue weighted by Crippen LogP contribution is 2.62. The van der Waals surface area contributed by atoms with Crippen LogP contribution in [0.15, 0.2) is 18.2 Å². The molecule has 5 nitrogen and oxygen atoms in total. The SMILES string of the molecule is COc1cccc2c(C(=O)N[C@@H]3C(C)(C)[C@@H]4CC[C@@]3(C)C4)n[nH]c12. The number of ether oxygens (including phenoxy) is 1. The van der Waals surface area contributed by atoms with Gasteiger partial charge in [0.1, 0.15) is 11.3 Å². The van der Waals surface area contributed by atoms with Crippen molar-refractivity contribution in [1.29, 1.82) is 0 Å². The van der Waals surface area contributed by atoms with E-state index >= 15 is 0 Å². The molecule has 0 spiro atoms. The van der Waals surface area contributed by atoms with Gasteiger partial charge in [-0.05, 0) is 42.1 Å². The fraction of sp³-hybridized carbons (Fsp3) is 0.579. The van der Waals surface area contributed by atoms with Crippen molar-refractivity contribution in [1.82, 2.24) is 15.5 Å². The number of carbonyl (C=O) groups excluding carboxylic acids is 1. The summed E-state index contributed by atoms with van der Waals surface area (Å²) >= 11 is 0. The molecule has 2 bridgehead atoms. The summed E-state index contributed by atoms with van der Waals surface area (Å²) < 4.78 is 5.34. The smallest absolute Gasteiger partial charge is 0.272 e. The van der Waals surface area contributed by atoms with Crippen LogP contribution in [-0.4, -0.2) is 29.3 Å². The Balaban J connectivity index is 1.66. The number of amides is 1. The molecule has 4 rings (SSSR count). The number of hydrogen-bond acceptors (Lipinski definition) is 3. The highest BCUT2D eigenvalue weighted by atomic mass is 16.5. The summed E-state index contributed by atoms with van der Waals surface area (Å²) in [6, 6.07) is 5.84. The molecule has 2 aliphatic carbocycles. The normalized spacial score (nSPS) is 30.7. The molecule has 2 saturated carbocycles. The maximum absolute atomic E-state index is 12.9. The fourth-order valence-corrected chi connectivity index (χ4v) is 5.22. The summed E-state index contributed by atoms with van der Waals surface area (Å²) in [7, 11) is 1.62. The number of rotatable bonds is 3. The molecule has 5 heteroatoms. The molecule has 1 aromatic carbocycles. The molecule has 24 heavy (non-hydrogen) atoms. The Morgan fingerprint density at radius 1 is 1.38 bits per heavy atom. The lowest BCUT2D eigenvalue weighted by molar-refractivity contribution is 0.0734. The number of aromatic amines is 1. The minimum Gasteiger partial charge on any atom is -0.494 e. The van der Waals surface area contributed by atoms with Crippen molar-refractivity contribution < 1.29 is 9.53 Å². The molecule has 1 heterocycles. The molecular weight excluding hydrogens is 302 g/mol. The van der Waals surface area contributed by atoms with Gasteiger partial charge in [0.2, 0.25) is 0 Å². The van der Waals surface area contributed by atoms with Crippen LogP contribution in [0.1, 0.15) is 50.5 Å². The van der Waals surface area contributed by atoms with Gasteiger partial charge in [0, 0.05) is 11.4 Å². The first-order chi connectivity index (χ1) is 11.4. The van der Waals surface area contributed by atoms with E-state index in [0.29, 0.717) is 17.4 Å². The van der Waals surface area contributed by atoms with Gasteiger partial charge in [-0.15, -0.1) is 0 Å². The zero-order valence-corrected chi connectivity index (χ0v) is 14.8. The van der Waals surface area contributed by atoms with Crippen molar-refractivity contribution in [3.63, 3.8) is 0 Å². The van der Waals surface area contributed by atoms with E-state index in [2.05, 4.69) is 36.3 Å². The molecular formula is C19H25N3O2. The van der Waals surface area contributed by atoms with Crippen LogP contribution in [-0.2, 0) is 0 Å². The Bertz CT molecular complexity index is 805. The number of nitrogens with zero attached hydrogens (tertiary/aromatic N) is 1. The largest absolute Gasteiger partial charge is 0.494 e. The van der Waals surface area contributed by atoms with E-state index in [-0.39, 0.29) is 22.8 Å². The van der Waals surface area contributed by atoms with Gasteiger partial charge in [-0.1, -0.05) is 32.9 Å². The summed E-state index contributed by atoms with van der Waals surface area (Å²) in [6.45, 7) is 6.90. The molecule has 0 unspecified atom stereocenters. The van der Waals surface area contributed by atoms with Crippen LogP contribution in [0, 0.1) is 16.7 Å². The molecule has 2 aliphatic rings. The Hall–Kier alpha value is -2.04. The average molecular weight is 327 g/mol. The molecule has 2 N–H and O–H groups in total. The first-order valence-electron chi connectivity index (χ1n) is 8.69. The van der Waals surface area contributed by atoms with E-state index in [1.807, 2.05) is 18.2 Å². The van der Waals surface area contributed by atoms with E-state index in [4.69, 9.17) is 4.74 Å². The predicted octanol–water partition coefficient (Wildman–Crippen LogP) is 3.52. The lowest BCUT2D eigenvalue weighted by atomic mass is 9.68. The second-order valence-electron chi connectivity index (χ2n) is 8.28. The zero-order valence-electron chi connectivity index (χ0n) is 14.8. The van der Waals surface area contributed by atoms with Crippen LogP contribution in [0.4, 0.5) is 0 Å². The van der Waals surface area contributed by atoms with Crippen molar-refractivity contribution >= 4 is 16.8 Å². The van der Waals surface area contributed by atoms with Gasteiger partial charge in [0.25, 0.3) is 5.91 Å². The molecule has 2 aromatic rings. The number of hydrogen-bond donors (Lipinski definition) is 2. The van der Waals surface area contributed by atoms with Crippen LogP contribution in [0.2, 0.25) is 0 Å². The van der Waals surface area contributed by atoms with Gasteiger partial charge < -0.3 is 10.1 Å². The maximum atomic E-state index is 12.9. The van der Waals surface area contributed by atoms with Gasteiger partial charge in [0.05, 0.1) is 7.11 Å². The highest BCUT2D eigenvalue weighted by molar-refractivity contribution is 6.06. The quantitative estimate of drug-likeness (QED) is 0.906. The Labute approximate surface area is 142 Å². The number of methoxy groups -OCH3 is 1. The third-order valence-corrected chi connectivity index (χ3v) is 6.54. The van der Waals surface area contributed by atoms with Crippen LogP contribution in [0.3, 0.4) is 0 Å². The van der Waals surface area contributed by atoms with E-state index in [1.165, 1.54) is 19.3 Å². The second kappa shape index (κ2) is 4.98. The number of carbonyl (C=O) groups is 1. The zero-order chi connectivity index (χ0) is 17.1. The van der Waals surface area contributed by atoms with Crippen molar-refractivity contribution in [3.05, 3.63) is 23.9 Å².